The Labute approximate surface area is 126 Å². The van der Waals surface area contributed by atoms with Crippen molar-refractivity contribution in [1.82, 2.24) is 20.2 Å². The van der Waals surface area contributed by atoms with Crippen LogP contribution in [0.1, 0.15) is 31.4 Å². The van der Waals surface area contributed by atoms with E-state index in [0.29, 0.717) is 0 Å². The SMILES string of the molecule is c1nc(N2CCN(CC3CC3)CC2)cnc1CNC1CC1. The van der Waals surface area contributed by atoms with Crippen LogP contribution in [0.3, 0.4) is 0 Å². The van der Waals surface area contributed by atoms with E-state index >= 15 is 0 Å². The van der Waals surface area contributed by atoms with E-state index in [1.54, 1.807) is 0 Å². The van der Waals surface area contributed by atoms with Crippen LogP contribution in [0.5, 0.6) is 0 Å². The average molecular weight is 287 g/mol. The molecule has 0 amide bonds. The van der Waals surface area contributed by atoms with Gasteiger partial charge in [-0.15, -0.1) is 0 Å². The second-order valence-electron chi connectivity index (χ2n) is 6.75. The smallest absolute Gasteiger partial charge is 0.147 e. The number of nitrogens with zero attached hydrogens (tertiary/aromatic N) is 4. The van der Waals surface area contributed by atoms with Crippen molar-refractivity contribution in [3.05, 3.63) is 18.1 Å². The fraction of sp³-hybridized carbons (Fsp3) is 0.750. The van der Waals surface area contributed by atoms with Gasteiger partial charge in [0.1, 0.15) is 5.82 Å². The zero-order valence-electron chi connectivity index (χ0n) is 12.7. The normalized spacial score (nSPS) is 23.5. The summed E-state index contributed by atoms with van der Waals surface area (Å²) >= 11 is 0. The Bertz CT molecular complexity index is 458. The van der Waals surface area contributed by atoms with Crippen LogP contribution in [-0.4, -0.2) is 53.6 Å². The van der Waals surface area contributed by atoms with Gasteiger partial charge in [-0.2, -0.15) is 0 Å². The lowest BCUT2D eigenvalue weighted by Gasteiger charge is -2.35. The molecule has 5 heteroatoms. The molecule has 0 spiro atoms. The number of hydrogen-bond donors (Lipinski definition) is 1. The lowest BCUT2D eigenvalue weighted by Crippen LogP contribution is -2.47. The van der Waals surface area contributed by atoms with E-state index in [1.165, 1.54) is 45.3 Å². The fourth-order valence-electron chi connectivity index (χ4n) is 2.96. The van der Waals surface area contributed by atoms with Crippen LogP contribution in [0.15, 0.2) is 12.4 Å². The van der Waals surface area contributed by atoms with Crippen molar-refractivity contribution in [3.8, 4) is 0 Å². The summed E-state index contributed by atoms with van der Waals surface area (Å²) < 4.78 is 0. The molecule has 1 aromatic heterocycles. The molecule has 1 aromatic rings. The molecule has 0 atom stereocenters. The molecule has 0 aromatic carbocycles. The third-order valence-corrected chi connectivity index (χ3v) is 4.75. The Balaban J connectivity index is 1.27. The van der Waals surface area contributed by atoms with Crippen molar-refractivity contribution in [2.45, 2.75) is 38.3 Å². The summed E-state index contributed by atoms with van der Waals surface area (Å²) in [7, 11) is 0. The van der Waals surface area contributed by atoms with E-state index in [4.69, 9.17) is 0 Å². The van der Waals surface area contributed by atoms with Gasteiger partial charge in [-0.05, 0) is 31.6 Å². The molecule has 21 heavy (non-hydrogen) atoms. The third-order valence-electron chi connectivity index (χ3n) is 4.75. The van der Waals surface area contributed by atoms with Gasteiger partial charge in [0, 0.05) is 45.3 Å². The van der Waals surface area contributed by atoms with Gasteiger partial charge in [0.15, 0.2) is 0 Å². The quantitative estimate of drug-likeness (QED) is 0.853. The predicted octanol–water partition coefficient (Wildman–Crippen LogP) is 1.26. The molecule has 2 aliphatic carbocycles. The highest BCUT2D eigenvalue weighted by Gasteiger charge is 2.26. The zero-order valence-corrected chi connectivity index (χ0v) is 12.7. The Morgan fingerprint density at radius 2 is 1.81 bits per heavy atom. The minimum atomic E-state index is 0.728. The second kappa shape index (κ2) is 5.89. The molecule has 2 heterocycles. The maximum absolute atomic E-state index is 4.60. The highest BCUT2D eigenvalue weighted by molar-refractivity contribution is 5.36. The van der Waals surface area contributed by atoms with Gasteiger partial charge in [-0.3, -0.25) is 9.88 Å². The molecule has 4 rings (SSSR count). The minimum Gasteiger partial charge on any atom is -0.353 e. The van der Waals surface area contributed by atoms with E-state index in [0.717, 1.165) is 43.1 Å². The Kier molecular flexibility index (Phi) is 3.78. The standard InChI is InChI=1S/C16H25N5/c1-2-13(1)12-20-5-7-21(8-6-20)16-11-18-15(10-19-16)9-17-14-3-4-14/h10-11,13-14,17H,1-9,12H2. The lowest BCUT2D eigenvalue weighted by atomic mass is 10.3. The Morgan fingerprint density at radius 1 is 1.00 bits per heavy atom. The summed E-state index contributed by atoms with van der Waals surface area (Å²) in [6.45, 7) is 6.67. The molecule has 1 aliphatic heterocycles. The summed E-state index contributed by atoms with van der Waals surface area (Å²) in [5, 5.41) is 3.48. The van der Waals surface area contributed by atoms with Gasteiger partial charge >= 0.3 is 0 Å². The topological polar surface area (TPSA) is 44.3 Å². The number of nitrogens with one attached hydrogen (secondary N) is 1. The number of aromatic nitrogens is 2. The summed E-state index contributed by atoms with van der Waals surface area (Å²) in [6, 6.07) is 0.728. The fourth-order valence-corrected chi connectivity index (χ4v) is 2.96. The molecule has 114 valence electrons. The summed E-state index contributed by atoms with van der Waals surface area (Å²) in [5.41, 5.74) is 1.05. The third kappa shape index (κ3) is 3.71. The molecule has 1 saturated heterocycles. The Morgan fingerprint density at radius 3 is 2.43 bits per heavy atom. The molecule has 3 aliphatic rings. The monoisotopic (exact) mass is 287 g/mol. The summed E-state index contributed by atoms with van der Waals surface area (Å²) in [4.78, 5) is 14.1. The molecular formula is C16H25N5. The van der Waals surface area contributed by atoms with Crippen LogP contribution >= 0.6 is 0 Å². The van der Waals surface area contributed by atoms with Crippen LogP contribution in [0.2, 0.25) is 0 Å². The zero-order chi connectivity index (χ0) is 14.1. The van der Waals surface area contributed by atoms with E-state index in [9.17, 15) is 0 Å². The van der Waals surface area contributed by atoms with Crippen molar-refractivity contribution in [2.75, 3.05) is 37.6 Å². The summed E-state index contributed by atoms with van der Waals surface area (Å²) in [5.74, 6) is 2.03. The van der Waals surface area contributed by atoms with Crippen LogP contribution in [0.4, 0.5) is 5.82 Å². The van der Waals surface area contributed by atoms with Crippen molar-refractivity contribution in [1.29, 1.82) is 0 Å². The maximum Gasteiger partial charge on any atom is 0.147 e. The molecule has 2 saturated carbocycles. The van der Waals surface area contributed by atoms with Crippen LogP contribution in [-0.2, 0) is 6.54 Å². The van der Waals surface area contributed by atoms with Crippen molar-refractivity contribution >= 4 is 5.82 Å². The van der Waals surface area contributed by atoms with Crippen molar-refractivity contribution in [3.63, 3.8) is 0 Å². The molecule has 1 N–H and O–H groups in total. The molecule has 0 unspecified atom stereocenters. The maximum atomic E-state index is 4.60. The van der Waals surface area contributed by atoms with Gasteiger partial charge in [0.2, 0.25) is 0 Å². The second-order valence-corrected chi connectivity index (χ2v) is 6.75. The molecular weight excluding hydrogens is 262 g/mol. The highest BCUT2D eigenvalue weighted by Crippen LogP contribution is 2.30. The average Bonchev–Trinajstić information content (AvgIpc) is 3.42. The molecule has 0 bridgehead atoms. The van der Waals surface area contributed by atoms with Gasteiger partial charge in [0.25, 0.3) is 0 Å². The number of piperazine rings is 1. The van der Waals surface area contributed by atoms with E-state index in [1.807, 2.05) is 12.4 Å². The molecule has 0 radical (unpaired) electrons. The van der Waals surface area contributed by atoms with Gasteiger partial charge in [-0.1, -0.05) is 0 Å². The van der Waals surface area contributed by atoms with Gasteiger partial charge < -0.3 is 10.2 Å². The van der Waals surface area contributed by atoms with Crippen molar-refractivity contribution < 1.29 is 0 Å². The first-order valence-corrected chi connectivity index (χ1v) is 8.38. The van der Waals surface area contributed by atoms with Gasteiger partial charge in [-0.25, -0.2) is 4.98 Å². The number of rotatable bonds is 6. The Hall–Kier alpha value is -1.20. The number of anilines is 1. The molecule has 3 fully saturated rings. The molecule has 5 nitrogen and oxygen atoms in total. The predicted molar refractivity (Wildman–Crippen MR) is 83.3 cm³/mol. The van der Waals surface area contributed by atoms with Crippen LogP contribution in [0, 0.1) is 5.92 Å². The lowest BCUT2D eigenvalue weighted by molar-refractivity contribution is 0.247. The highest BCUT2D eigenvalue weighted by atomic mass is 15.3. The largest absolute Gasteiger partial charge is 0.353 e. The van der Waals surface area contributed by atoms with E-state index in [-0.39, 0.29) is 0 Å². The number of hydrogen-bond acceptors (Lipinski definition) is 5. The van der Waals surface area contributed by atoms with E-state index in [2.05, 4.69) is 25.1 Å². The first-order chi connectivity index (χ1) is 10.4. The van der Waals surface area contributed by atoms with E-state index < -0.39 is 0 Å². The first-order valence-electron chi connectivity index (χ1n) is 8.38. The minimum absolute atomic E-state index is 0.728. The van der Waals surface area contributed by atoms with Gasteiger partial charge in [0.05, 0.1) is 18.1 Å². The van der Waals surface area contributed by atoms with Crippen LogP contribution in [0.25, 0.3) is 0 Å². The van der Waals surface area contributed by atoms with Crippen LogP contribution < -0.4 is 10.2 Å². The summed E-state index contributed by atoms with van der Waals surface area (Å²) in [6.07, 6.45) is 9.40. The first kappa shape index (κ1) is 13.5. The van der Waals surface area contributed by atoms with Crippen molar-refractivity contribution in [2.24, 2.45) is 5.92 Å².